The molecule has 0 aromatic heterocycles. The van der Waals surface area contributed by atoms with Crippen molar-refractivity contribution in [3.8, 4) is 0 Å². The van der Waals surface area contributed by atoms with Crippen LogP contribution in [0, 0.1) is 0 Å². The number of allylic oxidation sites excluding steroid dienone is 1. The highest BCUT2D eigenvalue weighted by Crippen LogP contribution is 2.31. The normalized spacial score (nSPS) is 17.2. The van der Waals surface area contributed by atoms with E-state index in [1.54, 1.807) is 38.1 Å². The molecule has 0 spiro atoms. The second-order valence-corrected chi connectivity index (χ2v) is 5.46. The zero-order valence-electron chi connectivity index (χ0n) is 14.8. The predicted octanol–water partition coefficient (Wildman–Crippen LogP) is 2.40. The summed E-state index contributed by atoms with van der Waals surface area (Å²) in [5.41, 5.74) is 2.02. The van der Waals surface area contributed by atoms with Gasteiger partial charge in [-0.05, 0) is 38.5 Å². The third-order valence-corrected chi connectivity index (χ3v) is 4.07. The Morgan fingerprint density at radius 3 is 2.32 bits per heavy atom. The van der Waals surface area contributed by atoms with E-state index in [1.807, 2.05) is 6.92 Å². The van der Waals surface area contributed by atoms with Crippen molar-refractivity contribution >= 4 is 18.0 Å². The topological polar surface area (TPSA) is 84.9 Å². The maximum absolute atomic E-state index is 12.4. The molecule has 25 heavy (non-hydrogen) atoms. The molecule has 1 heterocycles. The number of hydrogen-bond acceptors (Lipinski definition) is 5. The highest BCUT2D eigenvalue weighted by Gasteiger charge is 2.35. The van der Waals surface area contributed by atoms with Crippen molar-refractivity contribution < 1.29 is 23.9 Å². The largest absolute Gasteiger partial charge is 0.465 e. The van der Waals surface area contributed by atoms with Crippen molar-refractivity contribution in [3.05, 3.63) is 46.7 Å². The van der Waals surface area contributed by atoms with E-state index in [4.69, 9.17) is 4.74 Å². The van der Waals surface area contributed by atoms with Gasteiger partial charge >= 0.3 is 18.0 Å². The lowest BCUT2D eigenvalue weighted by Gasteiger charge is -2.34. The monoisotopic (exact) mass is 346 g/mol. The summed E-state index contributed by atoms with van der Waals surface area (Å²) in [6, 6.07) is 5.64. The van der Waals surface area contributed by atoms with Gasteiger partial charge in [0.15, 0.2) is 0 Å². The predicted molar refractivity (Wildman–Crippen MR) is 90.8 cm³/mol. The number of hydrogen-bond donors (Lipinski definition) is 1. The van der Waals surface area contributed by atoms with Gasteiger partial charge in [-0.1, -0.05) is 12.1 Å². The molecular weight excluding hydrogens is 324 g/mol. The molecule has 1 aromatic carbocycles. The SMILES string of the molecule is CCOC(=O)C1=C(C)N(CC)C(=O)NC1c1ccc(C(=O)OC)cc1. The Morgan fingerprint density at radius 2 is 1.80 bits per heavy atom. The van der Waals surface area contributed by atoms with Gasteiger partial charge in [-0.3, -0.25) is 4.90 Å². The lowest BCUT2D eigenvalue weighted by molar-refractivity contribution is -0.139. The van der Waals surface area contributed by atoms with Gasteiger partial charge in [0.1, 0.15) is 0 Å². The maximum atomic E-state index is 12.4. The number of esters is 2. The third-order valence-electron chi connectivity index (χ3n) is 4.07. The Morgan fingerprint density at radius 1 is 1.16 bits per heavy atom. The summed E-state index contributed by atoms with van der Waals surface area (Å²) in [6.45, 7) is 5.97. The van der Waals surface area contributed by atoms with Crippen LogP contribution in [0.25, 0.3) is 0 Å². The number of rotatable bonds is 5. The van der Waals surface area contributed by atoms with E-state index < -0.39 is 18.0 Å². The Hall–Kier alpha value is -2.83. The summed E-state index contributed by atoms with van der Waals surface area (Å²) < 4.78 is 9.84. The van der Waals surface area contributed by atoms with Gasteiger partial charge in [-0.2, -0.15) is 0 Å². The standard InChI is InChI=1S/C18H22N2O5/c1-5-20-11(3)14(17(22)25-6-2)15(19-18(20)23)12-7-9-13(10-8-12)16(21)24-4/h7-10,15H,5-6H2,1-4H3,(H,19,23). The number of benzene rings is 1. The first-order valence-corrected chi connectivity index (χ1v) is 8.08. The minimum Gasteiger partial charge on any atom is -0.465 e. The van der Waals surface area contributed by atoms with Crippen LogP contribution in [-0.4, -0.2) is 43.1 Å². The smallest absolute Gasteiger partial charge is 0.338 e. The number of methoxy groups -OCH3 is 1. The van der Waals surface area contributed by atoms with Gasteiger partial charge in [0, 0.05) is 12.2 Å². The molecule has 1 aliphatic heterocycles. The van der Waals surface area contributed by atoms with Crippen LogP contribution in [0.2, 0.25) is 0 Å². The van der Waals surface area contributed by atoms with Crippen LogP contribution in [0.4, 0.5) is 4.79 Å². The molecule has 0 saturated heterocycles. The van der Waals surface area contributed by atoms with Crippen LogP contribution in [-0.2, 0) is 14.3 Å². The minimum absolute atomic E-state index is 0.240. The second kappa shape index (κ2) is 7.83. The van der Waals surface area contributed by atoms with Crippen molar-refractivity contribution in [1.82, 2.24) is 10.2 Å². The molecule has 0 aliphatic carbocycles. The van der Waals surface area contributed by atoms with Gasteiger partial charge in [-0.25, -0.2) is 14.4 Å². The molecule has 2 rings (SSSR count). The number of nitrogens with zero attached hydrogens (tertiary/aromatic N) is 1. The van der Waals surface area contributed by atoms with Crippen LogP contribution in [0.3, 0.4) is 0 Å². The third kappa shape index (κ3) is 3.65. The first-order chi connectivity index (χ1) is 11.9. The highest BCUT2D eigenvalue weighted by molar-refractivity contribution is 5.95. The quantitative estimate of drug-likeness (QED) is 0.828. The van der Waals surface area contributed by atoms with Gasteiger partial charge in [0.25, 0.3) is 0 Å². The molecule has 1 atom stereocenters. The zero-order valence-corrected chi connectivity index (χ0v) is 14.8. The van der Waals surface area contributed by atoms with Crippen molar-refractivity contribution in [2.45, 2.75) is 26.8 Å². The van der Waals surface area contributed by atoms with E-state index in [2.05, 4.69) is 10.1 Å². The minimum atomic E-state index is -0.638. The average Bonchev–Trinajstić information content (AvgIpc) is 2.61. The highest BCUT2D eigenvalue weighted by atomic mass is 16.5. The molecule has 0 saturated carbocycles. The number of carbonyl (C=O) groups excluding carboxylic acids is 3. The summed E-state index contributed by atoms with van der Waals surface area (Å²) in [6.07, 6.45) is 0. The van der Waals surface area contributed by atoms with E-state index in [1.165, 1.54) is 12.0 Å². The first-order valence-electron chi connectivity index (χ1n) is 8.08. The molecule has 7 nitrogen and oxygen atoms in total. The molecule has 7 heteroatoms. The summed E-state index contributed by atoms with van der Waals surface area (Å²) in [5.74, 6) is -0.922. The van der Waals surface area contributed by atoms with E-state index in [9.17, 15) is 14.4 Å². The first kappa shape index (κ1) is 18.5. The van der Waals surface area contributed by atoms with Crippen molar-refractivity contribution in [2.24, 2.45) is 0 Å². The summed E-state index contributed by atoms with van der Waals surface area (Å²) in [7, 11) is 1.31. The fourth-order valence-electron chi connectivity index (χ4n) is 2.81. The molecule has 0 fully saturated rings. The molecule has 1 unspecified atom stereocenters. The zero-order chi connectivity index (χ0) is 18.6. The molecule has 1 N–H and O–H groups in total. The number of nitrogens with one attached hydrogen (secondary N) is 1. The Bertz CT molecular complexity index is 709. The number of carbonyl (C=O) groups is 3. The maximum Gasteiger partial charge on any atom is 0.338 e. The molecule has 0 bridgehead atoms. The van der Waals surface area contributed by atoms with Gasteiger partial charge in [0.05, 0.1) is 30.9 Å². The Kier molecular flexibility index (Phi) is 5.80. The van der Waals surface area contributed by atoms with Crippen molar-refractivity contribution in [3.63, 3.8) is 0 Å². The molecule has 0 radical (unpaired) electrons. The number of ether oxygens (including phenoxy) is 2. The summed E-state index contributed by atoms with van der Waals surface area (Å²) in [4.78, 5) is 37.8. The van der Waals surface area contributed by atoms with Crippen LogP contribution in [0.1, 0.15) is 42.7 Å². The average molecular weight is 346 g/mol. The van der Waals surface area contributed by atoms with E-state index in [0.717, 1.165) is 0 Å². The fourth-order valence-corrected chi connectivity index (χ4v) is 2.81. The van der Waals surface area contributed by atoms with Crippen LogP contribution >= 0.6 is 0 Å². The van der Waals surface area contributed by atoms with Crippen LogP contribution in [0.5, 0.6) is 0 Å². The van der Waals surface area contributed by atoms with E-state index >= 15 is 0 Å². The summed E-state index contributed by atoms with van der Waals surface area (Å²) in [5, 5.41) is 2.83. The lowest BCUT2D eigenvalue weighted by Crippen LogP contribution is -2.47. The number of amides is 2. The van der Waals surface area contributed by atoms with Crippen molar-refractivity contribution in [2.75, 3.05) is 20.3 Å². The van der Waals surface area contributed by atoms with Crippen molar-refractivity contribution in [1.29, 1.82) is 0 Å². The molecule has 134 valence electrons. The van der Waals surface area contributed by atoms with Crippen LogP contribution in [0.15, 0.2) is 35.5 Å². The molecule has 1 aromatic rings. The fraction of sp³-hybridized carbons (Fsp3) is 0.389. The number of urea groups is 1. The van der Waals surface area contributed by atoms with Crippen LogP contribution < -0.4 is 5.32 Å². The van der Waals surface area contributed by atoms with Gasteiger partial charge < -0.3 is 14.8 Å². The Labute approximate surface area is 146 Å². The van der Waals surface area contributed by atoms with Gasteiger partial charge in [0.2, 0.25) is 0 Å². The summed E-state index contributed by atoms with van der Waals surface area (Å²) >= 11 is 0. The Balaban J connectivity index is 2.46. The molecular formula is C18H22N2O5. The van der Waals surface area contributed by atoms with Gasteiger partial charge in [-0.15, -0.1) is 0 Å². The van der Waals surface area contributed by atoms with E-state index in [-0.39, 0.29) is 12.6 Å². The van der Waals surface area contributed by atoms with E-state index in [0.29, 0.717) is 28.9 Å². The molecule has 2 amide bonds. The second-order valence-electron chi connectivity index (χ2n) is 5.46. The molecule has 1 aliphatic rings. The lowest BCUT2D eigenvalue weighted by atomic mass is 9.94.